The Morgan fingerprint density at radius 1 is 1.42 bits per heavy atom. The lowest BCUT2D eigenvalue weighted by atomic mass is 9.91. The van der Waals surface area contributed by atoms with Gasteiger partial charge in [-0.3, -0.25) is 0 Å². The largest absolute Gasteiger partial charge is 0.496 e. The molecule has 1 atom stereocenters. The third-order valence-electron chi connectivity index (χ3n) is 3.87. The highest BCUT2D eigenvalue weighted by atomic mass is 35.5. The first-order valence-electron chi connectivity index (χ1n) is 7.18. The molecule has 1 aliphatic heterocycles. The highest BCUT2D eigenvalue weighted by Gasteiger charge is 2.17. The predicted octanol–water partition coefficient (Wildman–Crippen LogP) is 4.01. The number of hydrogen-bond donors (Lipinski definition) is 1. The van der Waals surface area contributed by atoms with Crippen LogP contribution in [-0.2, 0) is 6.42 Å². The number of hydrogen-bond acceptors (Lipinski definition) is 2. The van der Waals surface area contributed by atoms with Crippen molar-refractivity contribution in [2.24, 2.45) is 5.92 Å². The molecule has 0 amide bonds. The molecule has 0 bridgehead atoms. The Bertz CT molecular complexity index is 425. The average Bonchev–Trinajstić information content (AvgIpc) is 2.38. The van der Waals surface area contributed by atoms with Crippen LogP contribution in [0.25, 0.3) is 0 Å². The third-order valence-corrected chi connectivity index (χ3v) is 4.18. The van der Waals surface area contributed by atoms with Crippen LogP contribution in [0.4, 0.5) is 0 Å². The zero-order chi connectivity index (χ0) is 13.8. The molecule has 0 saturated carbocycles. The Labute approximate surface area is 121 Å². The van der Waals surface area contributed by atoms with Crippen LogP contribution in [0.3, 0.4) is 0 Å². The maximum absolute atomic E-state index is 6.43. The average molecular weight is 282 g/mol. The summed E-state index contributed by atoms with van der Waals surface area (Å²) in [6, 6.07) is 4.28. The van der Waals surface area contributed by atoms with Crippen LogP contribution in [0.1, 0.15) is 43.7 Å². The second-order valence-corrected chi connectivity index (χ2v) is 6.17. The SMILES string of the molecule is COc1cc(CC2CCCNC2)cc(Cl)c1C(C)C. The Balaban J connectivity index is 2.19. The summed E-state index contributed by atoms with van der Waals surface area (Å²) in [6.45, 7) is 6.57. The van der Waals surface area contributed by atoms with E-state index in [1.807, 2.05) is 0 Å². The summed E-state index contributed by atoms with van der Waals surface area (Å²) >= 11 is 6.43. The number of methoxy groups -OCH3 is 1. The van der Waals surface area contributed by atoms with Crippen molar-refractivity contribution in [1.82, 2.24) is 5.32 Å². The summed E-state index contributed by atoms with van der Waals surface area (Å²) in [7, 11) is 1.73. The van der Waals surface area contributed by atoms with Crippen LogP contribution in [0.15, 0.2) is 12.1 Å². The van der Waals surface area contributed by atoms with Gasteiger partial charge in [-0.05, 0) is 61.9 Å². The van der Waals surface area contributed by atoms with E-state index < -0.39 is 0 Å². The fraction of sp³-hybridized carbons (Fsp3) is 0.625. The molecule has 1 aliphatic rings. The molecule has 0 radical (unpaired) electrons. The van der Waals surface area contributed by atoms with Crippen molar-refractivity contribution >= 4 is 11.6 Å². The van der Waals surface area contributed by atoms with E-state index in [-0.39, 0.29) is 0 Å². The van der Waals surface area contributed by atoms with Crippen LogP contribution in [0.5, 0.6) is 5.75 Å². The fourth-order valence-corrected chi connectivity index (χ4v) is 3.38. The quantitative estimate of drug-likeness (QED) is 0.900. The van der Waals surface area contributed by atoms with Gasteiger partial charge in [-0.1, -0.05) is 25.4 Å². The van der Waals surface area contributed by atoms with Gasteiger partial charge in [0, 0.05) is 10.6 Å². The number of piperidine rings is 1. The maximum Gasteiger partial charge on any atom is 0.124 e. The van der Waals surface area contributed by atoms with Gasteiger partial charge in [0.15, 0.2) is 0 Å². The minimum absolute atomic E-state index is 0.382. The molecular weight excluding hydrogens is 258 g/mol. The van der Waals surface area contributed by atoms with Crippen molar-refractivity contribution < 1.29 is 4.74 Å². The minimum atomic E-state index is 0.382. The Hall–Kier alpha value is -0.730. The van der Waals surface area contributed by atoms with Gasteiger partial charge in [-0.25, -0.2) is 0 Å². The van der Waals surface area contributed by atoms with Crippen molar-refractivity contribution in [3.63, 3.8) is 0 Å². The highest BCUT2D eigenvalue weighted by Crippen LogP contribution is 2.35. The van der Waals surface area contributed by atoms with Gasteiger partial charge in [0.25, 0.3) is 0 Å². The van der Waals surface area contributed by atoms with E-state index in [2.05, 4.69) is 31.3 Å². The molecule has 0 aliphatic carbocycles. The highest BCUT2D eigenvalue weighted by molar-refractivity contribution is 6.31. The van der Waals surface area contributed by atoms with Crippen LogP contribution in [0.2, 0.25) is 5.02 Å². The first-order chi connectivity index (χ1) is 9.11. The molecule has 0 spiro atoms. The van der Waals surface area contributed by atoms with E-state index in [0.29, 0.717) is 5.92 Å². The Morgan fingerprint density at radius 2 is 2.21 bits per heavy atom. The molecule has 3 heteroatoms. The molecule has 1 N–H and O–H groups in total. The number of ether oxygens (including phenoxy) is 1. The van der Waals surface area contributed by atoms with E-state index in [9.17, 15) is 0 Å². The van der Waals surface area contributed by atoms with Gasteiger partial charge in [0.05, 0.1) is 7.11 Å². The van der Waals surface area contributed by atoms with Gasteiger partial charge >= 0.3 is 0 Å². The van der Waals surface area contributed by atoms with Crippen LogP contribution in [-0.4, -0.2) is 20.2 Å². The summed E-state index contributed by atoms with van der Waals surface area (Å²) in [6.07, 6.45) is 3.67. The van der Waals surface area contributed by atoms with Crippen molar-refractivity contribution in [2.45, 2.75) is 39.0 Å². The predicted molar refractivity (Wildman–Crippen MR) is 81.4 cm³/mol. The van der Waals surface area contributed by atoms with E-state index in [1.165, 1.54) is 18.4 Å². The molecule has 1 fully saturated rings. The molecule has 1 aromatic rings. The maximum atomic E-state index is 6.43. The van der Waals surface area contributed by atoms with E-state index >= 15 is 0 Å². The van der Waals surface area contributed by atoms with Gasteiger partial charge in [0.2, 0.25) is 0 Å². The lowest BCUT2D eigenvalue weighted by molar-refractivity contribution is 0.374. The van der Waals surface area contributed by atoms with Gasteiger partial charge in [0.1, 0.15) is 5.75 Å². The van der Waals surface area contributed by atoms with Gasteiger partial charge < -0.3 is 10.1 Å². The smallest absolute Gasteiger partial charge is 0.124 e. The number of nitrogens with one attached hydrogen (secondary N) is 1. The lowest BCUT2D eigenvalue weighted by Crippen LogP contribution is -2.30. The Kier molecular flexibility index (Phi) is 5.12. The molecule has 106 valence electrons. The minimum Gasteiger partial charge on any atom is -0.496 e. The monoisotopic (exact) mass is 281 g/mol. The van der Waals surface area contributed by atoms with E-state index in [4.69, 9.17) is 16.3 Å². The molecule has 1 aromatic carbocycles. The molecule has 2 rings (SSSR count). The van der Waals surface area contributed by atoms with Crippen LogP contribution in [0, 0.1) is 5.92 Å². The summed E-state index contributed by atoms with van der Waals surface area (Å²) in [5, 5.41) is 4.30. The molecule has 2 nitrogen and oxygen atoms in total. The number of halogens is 1. The summed E-state index contributed by atoms with van der Waals surface area (Å²) in [5.74, 6) is 2.04. The van der Waals surface area contributed by atoms with Gasteiger partial charge in [-0.15, -0.1) is 0 Å². The molecule has 0 aromatic heterocycles. The molecular formula is C16H24ClNO. The van der Waals surface area contributed by atoms with Crippen molar-refractivity contribution in [2.75, 3.05) is 20.2 Å². The van der Waals surface area contributed by atoms with Gasteiger partial charge in [-0.2, -0.15) is 0 Å². The van der Waals surface area contributed by atoms with E-state index in [1.54, 1.807) is 7.11 Å². The Morgan fingerprint density at radius 3 is 2.79 bits per heavy atom. The normalized spacial score (nSPS) is 19.7. The van der Waals surface area contributed by atoms with Crippen molar-refractivity contribution in [3.05, 3.63) is 28.3 Å². The first-order valence-corrected chi connectivity index (χ1v) is 7.56. The molecule has 1 heterocycles. The number of rotatable bonds is 4. The molecule has 1 unspecified atom stereocenters. The van der Waals surface area contributed by atoms with Crippen molar-refractivity contribution in [3.8, 4) is 5.75 Å². The second kappa shape index (κ2) is 6.62. The first kappa shape index (κ1) is 14.7. The third kappa shape index (κ3) is 3.64. The van der Waals surface area contributed by atoms with Crippen molar-refractivity contribution in [1.29, 1.82) is 0 Å². The molecule has 19 heavy (non-hydrogen) atoms. The zero-order valence-electron chi connectivity index (χ0n) is 12.1. The van der Waals surface area contributed by atoms with Crippen LogP contribution < -0.4 is 10.1 Å². The fourth-order valence-electron chi connectivity index (χ4n) is 2.92. The molecule has 1 saturated heterocycles. The van der Waals surface area contributed by atoms with E-state index in [0.717, 1.165) is 41.8 Å². The summed E-state index contributed by atoms with van der Waals surface area (Å²) in [5.41, 5.74) is 2.41. The standard InChI is InChI=1S/C16H24ClNO/c1-11(2)16-14(17)8-13(9-15(16)19-3)7-12-5-4-6-18-10-12/h8-9,11-12,18H,4-7,10H2,1-3H3. The zero-order valence-corrected chi connectivity index (χ0v) is 12.9. The topological polar surface area (TPSA) is 21.3 Å². The summed E-state index contributed by atoms with van der Waals surface area (Å²) < 4.78 is 5.52. The summed E-state index contributed by atoms with van der Waals surface area (Å²) in [4.78, 5) is 0. The van der Waals surface area contributed by atoms with Crippen LogP contribution >= 0.6 is 11.6 Å². The number of benzene rings is 1. The second-order valence-electron chi connectivity index (χ2n) is 5.76. The lowest BCUT2D eigenvalue weighted by Gasteiger charge is -2.23.